The van der Waals surface area contributed by atoms with Crippen LogP contribution in [0.2, 0.25) is 5.02 Å². The second kappa shape index (κ2) is 8.13. The van der Waals surface area contributed by atoms with E-state index in [-0.39, 0.29) is 22.5 Å². The van der Waals surface area contributed by atoms with E-state index in [2.05, 4.69) is 10.1 Å². The molecule has 2 aromatic carbocycles. The van der Waals surface area contributed by atoms with Crippen LogP contribution >= 0.6 is 11.6 Å². The molecule has 4 nitrogen and oxygen atoms in total. The Morgan fingerprint density at radius 3 is 2.48 bits per heavy atom. The molecule has 0 saturated heterocycles. The number of carbonyl (C=O) groups excluding carboxylic acids is 1. The van der Waals surface area contributed by atoms with E-state index in [4.69, 9.17) is 16.3 Å². The number of para-hydroxylation sites is 1. The first-order valence-corrected chi connectivity index (χ1v) is 8.99. The number of halogens is 3. The van der Waals surface area contributed by atoms with Crippen LogP contribution in [0.5, 0.6) is 11.5 Å². The molecule has 0 heterocycles. The largest absolute Gasteiger partial charge is 0.493 e. The molecule has 1 N–H and O–H groups in total. The van der Waals surface area contributed by atoms with Crippen LogP contribution in [0, 0.1) is 0 Å². The zero-order chi connectivity index (χ0) is 19.4. The summed E-state index contributed by atoms with van der Waals surface area (Å²) in [6, 6.07) is 12.0. The van der Waals surface area contributed by atoms with Crippen LogP contribution in [0.1, 0.15) is 35.2 Å². The molecular formula is C20H20ClF2NO3. The zero-order valence-corrected chi connectivity index (χ0v) is 15.6. The number of hydrogen-bond donors (Lipinski definition) is 1. The molecule has 0 radical (unpaired) electrons. The van der Waals surface area contributed by atoms with E-state index < -0.39 is 12.5 Å². The molecule has 1 amide bonds. The quantitative estimate of drug-likeness (QED) is 0.732. The van der Waals surface area contributed by atoms with Crippen LogP contribution < -0.4 is 14.8 Å². The highest BCUT2D eigenvalue weighted by molar-refractivity contribution is 6.30. The SMILES string of the molecule is COc1cccc(C(=O)NCC2(c3ccc(Cl)cc3)CCC2)c1OC(F)F. The van der Waals surface area contributed by atoms with Gasteiger partial charge in [-0.1, -0.05) is 36.2 Å². The molecule has 2 aromatic rings. The predicted octanol–water partition coefficient (Wildman–Crippen LogP) is 4.80. The average molecular weight is 396 g/mol. The lowest BCUT2D eigenvalue weighted by atomic mass is 9.64. The number of rotatable bonds is 7. The van der Waals surface area contributed by atoms with Gasteiger partial charge in [0.2, 0.25) is 0 Å². The highest BCUT2D eigenvalue weighted by atomic mass is 35.5. The second-order valence-electron chi connectivity index (χ2n) is 6.54. The minimum Gasteiger partial charge on any atom is -0.493 e. The van der Waals surface area contributed by atoms with Gasteiger partial charge in [0.05, 0.1) is 12.7 Å². The van der Waals surface area contributed by atoms with Gasteiger partial charge in [-0.3, -0.25) is 4.79 Å². The molecule has 1 aliphatic carbocycles. The van der Waals surface area contributed by atoms with Crippen LogP contribution in [0.4, 0.5) is 8.78 Å². The van der Waals surface area contributed by atoms with E-state index in [1.165, 1.54) is 19.2 Å². The standard InChI is InChI=1S/C20H20ClF2NO3/c1-26-16-5-2-4-15(17(16)27-19(22)23)18(25)24-12-20(10-3-11-20)13-6-8-14(21)9-7-13/h2,4-9,19H,3,10-12H2,1H3,(H,24,25). The van der Waals surface area contributed by atoms with Crippen LogP contribution in [0.15, 0.2) is 42.5 Å². The fourth-order valence-corrected chi connectivity index (χ4v) is 3.51. The molecule has 144 valence electrons. The number of benzene rings is 2. The molecular weight excluding hydrogens is 376 g/mol. The number of carbonyl (C=O) groups is 1. The molecule has 0 spiro atoms. The fraction of sp³-hybridized carbons (Fsp3) is 0.350. The van der Waals surface area contributed by atoms with E-state index in [9.17, 15) is 13.6 Å². The van der Waals surface area contributed by atoms with E-state index in [1.807, 2.05) is 24.3 Å². The Morgan fingerprint density at radius 2 is 1.93 bits per heavy atom. The summed E-state index contributed by atoms with van der Waals surface area (Å²) < 4.78 is 35.1. The van der Waals surface area contributed by atoms with Crippen molar-refractivity contribution in [1.29, 1.82) is 0 Å². The Morgan fingerprint density at radius 1 is 1.22 bits per heavy atom. The summed E-state index contributed by atoms with van der Waals surface area (Å²) in [7, 11) is 1.33. The third-order valence-corrected chi connectivity index (χ3v) is 5.26. The topological polar surface area (TPSA) is 47.6 Å². The molecule has 3 rings (SSSR count). The Labute approximate surface area is 161 Å². The van der Waals surface area contributed by atoms with Gasteiger partial charge < -0.3 is 14.8 Å². The van der Waals surface area contributed by atoms with Crippen molar-refractivity contribution < 1.29 is 23.0 Å². The van der Waals surface area contributed by atoms with E-state index in [0.717, 1.165) is 24.8 Å². The van der Waals surface area contributed by atoms with Gasteiger partial charge in [-0.2, -0.15) is 8.78 Å². The normalized spacial score (nSPS) is 15.1. The maximum absolute atomic E-state index is 12.8. The Hall–Kier alpha value is -2.34. The summed E-state index contributed by atoms with van der Waals surface area (Å²) in [5, 5.41) is 3.52. The maximum Gasteiger partial charge on any atom is 0.387 e. The third-order valence-electron chi connectivity index (χ3n) is 5.00. The second-order valence-corrected chi connectivity index (χ2v) is 6.98. The van der Waals surface area contributed by atoms with Crippen molar-refractivity contribution in [2.75, 3.05) is 13.7 Å². The van der Waals surface area contributed by atoms with Crippen molar-refractivity contribution in [3.05, 3.63) is 58.6 Å². The molecule has 0 bridgehead atoms. The molecule has 0 aliphatic heterocycles. The van der Waals surface area contributed by atoms with Gasteiger partial charge in [-0.25, -0.2) is 0 Å². The van der Waals surface area contributed by atoms with Crippen LogP contribution in [-0.2, 0) is 5.41 Å². The average Bonchev–Trinajstić information content (AvgIpc) is 2.61. The number of hydrogen-bond acceptors (Lipinski definition) is 3. The number of nitrogens with one attached hydrogen (secondary N) is 1. The Kier molecular flexibility index (Phi) is 5.85. The first-order chi connectivity index (χ1) is 12.9. The van der Waals surface area contributed by atoms with Crippen molar-refractivity contribution in [2.45, 2.75) is 31.3 Å². The third kappa shape index (κ3) is 4.16. The molecule has 27 heavy (non-hydrogen) atoms. The predicted molar refractivity (Wildman–Crippen MR) is 98.9 cm³/mol. The lowest BCUT2D eigenvalue weighted by Gasteiger charge is -2.42. The molecule has 0 aromatic heterocycles. The summed E-state index contributed by atoms with van der Waals surface area (Å²) in [6.07, 6.45) is 2.94. The highest BCUT2D eigenvalue weighted by Crippen LogP contribution is 2.43. The van der Waals surface area contributed by atoms with Gasteiger partial charge in [0, 0.05) is 17.0 Å². The zero-order valence-electron chi connectivity index (χ0n) is 14.8. The monoisotopic (exact) mass is 395 g/mol. The minimum atomic E-state index is -3.06. The summed E-state index contributed by atoms with van der Waals surface area (Å²) >= 11 is 5.96. The van der Waals surface area contributed by atoms with Crippen molar-refractivity contribution >= 4 is 17.5 Å². The summed E-state index contributed by atoms with van der Waals surface area (Å²) in [6.45, 7) is -2.65. The molecule has 7 heteroatoms. The smallest absolute Gasteiger partial charge is 0.387 e. The lowest BCUT2D eigenvalue weighted by Crippen LogP contribution is -2.45. The number of ether oxygens (including phenoxy) is 2. The van der Waals surface area contributed by atoms with Crippen molar-refractivity contribution in [3.8, 4) is 11.5 Å². The molecule has 0 atom stereocenters. The van der Waals surface area contributed by atoms with Crippen LogP contribution in [-0.4, -0.2) is 26.2 Å². The first-order valence-electron chi connectivity index (χ1n) is 8.61. The Bertz CT molecular complexity index is 807. The number of alkyl halides is 2. The summed E-state index contributed by atoms with van der Waals surface area (Å²) in [4.78, 5) is 12.7. The van der Waals surface area contributed by atoms with Gasteiger partial charge in [0.15, 0.2) is 11.5 Å². The van der Waals surface area contributed by atoms with E-state index in [0.29, 0.717) is 11.6 Å². The first kappa shape index (κ1) is 19.4. The van der Waals surface area contributed by atoms with E-state index in [1.54, 1.807) is 6.07 Å². The van der Waals surface area contributed by atoms with E-state index >= 15 is 0 Å². The van der Waals surface area contributed by atoms with Crippen LogP contribution in [0.3, 0.4) is 0 Å². The summed E-state index contributed by atoms with van der Waals surface area (Å²) in [5.74, 6) is -0.662. The van der Waals surface area contributed by atoms with Gasteiger partial charge in [0.1, 0.15) is 0 Å². The van der Waals surface area contributed by atoms with Gasteiger partial charge in [0.25, 0.3) is 5.91 Å². The van der Waals surface area contributed by atoms with Crippen LogP contribution in [0.25, 0.3) is 0 Å². The number of amides is 1. The summed E-state index contributed by atoms with van der Waals surface area (Å²) in [5.41, 5.74) is 0.955. The van der Waals surface area contributed by atoms with Crippen molar-refractivity contribution in [2.24, 2.45) is 0 Å². The lowest BCUT2D eigenvalue weighted by molar-refractivity contribution is -0.0515. The molecule has 1 aliphatic rings. The Balaban J connectivity index is 1.78. The van der Waals surface area contributed by atoms with Gasteiger partial charge >= 0.3 is 6.61 Å². The molecule has 1 saturated carbocycles. The maximum atomic E-state index is 12.8. The fourth-order valence-electron chi connectivity index (χ4n) is 3.39. The van der Waals surface area contributed by atoms with Crippen molar-refractivity contribution in [3.63, 3.8) is 0 Å². The van der Waals surface area contributed by atoms with Gasteiger partial charge in [-0.05, 0) is 42.7 Å². The number of methoxy groups -OCH3 is 1. The molecule has 0 unspecified atom stereocenters. The van der Waals surface area contributed by atoms with Gasteiger partial charge in [-0.15, -0.1) is 0 Å². The highest BCUT2D eigenvalue weighted by Gasteiger charge is 2.39. The van der Waals surface area contributed by atoms with Crippen molar-refractivity contribution in [1.82, 2.24) is 5.32 Å². The minimum absolute atomic E-state index is 0.0141. The molecule has 1 fully saturated rings.